The highest BCUT2D eigenvalue weighted by Crippen LogP contribution is 2.24. The molecular weight excluding hydrogens is 236 g/mol. The molecule has 0 aromatic carbocycles. The number of aliphatic hydroxyl groups is 1. The quantitative estimate of drug-likeness (QED) is 0.777. The van der Waals surface area contributed by atoms with Gasteiger partial charge in [-0.15, -0.1) is 0 Å². The molecular formula is C13H28O3S. The zero-order valence-electron chi connectivity index (χ0n) is 12.1. The molecule has 104 valence electrons. The zero-order chi connectivity index (χ0) is 13.9. The molecule has 17 heavy (non-hydrogen) atoms. The maximum Gasteiger partial charge on any atom is 0.155 e. The molecule has 1 unspecified atom stereocenters. The molecule has 0 rings (SSSR count). The van der Waals surface area contributed by atoms with Gasteiger partial charge in [0.15, 0.2) is 9.84 Å². The van der Waals surface area contributed by atoms with Gasteiger partial charge in [-0.1, -0.05) is 20.8 Å². The molecule has 0 radical (unpaired) electrons. The van der Waals surface area contributed by atoms with Crippen molar-refractivity contribution in [1.82, 2.24) is 0 Å². The molecule has 1 N–H and O–H groups in total. The Morgan fingerprint density at radius 1 is 1.00 bits per heavy atom. The van der Waals surface area contributed by atoms with E-state index in [0.717, 1.165) is 6.42 Å². The van der Waals surface area contributed by atoms with Crippen LogP contribution in [-0.2, 0) is 9.84 Å². The van der Waals surface area contributed by atoms with Gasteiger partial charge in [-0.2, -0.15) is 0 Å². The van der Waals surface area contributed by atoms with Crippen LogP contribution < -0.4 is 0 Å². The summed E-state index contributed by atoms with van der Waals surface area (Å²) in [7, 11) is -3.01. The molecule has 0 heterocycles. The minimum atomic E-state index is -3.01. The number of hydrogen-bond donors (Lipinski definition) is 1. The number of unbranched alkanes of at least 4 members (excludes halogenated alkanes) is 1. The van der Waals surface area contributed by atoms with E-state index in [0.29, 0.717) is 12.8 Å². The molecule has 0 bridgehead atoms. The summed E-state index contributed by atoms with van der Waals surface area (Å²) >= 11 is 0. The first kappa shape index (κ1) is 16.9. The summed E-state index contributed by atoms with van der Waals surface area (Å²) in [4.78, 5) is 0. The highest BCUT2D eigenvalue weighted by atomic mass is 32.2. The fourth-order valence-electron chi connectivity index (χ4n) is 1.37. The lowest BCUT2D eigenvalue weighted by molar-refractivity contribution is 0.0538. The van der Waals surface area contributed by atoms with Crippen LogP contribution in [0.3, 0.4) is 0 Å². The molecule has 0 spiro atoms. The van der Waals surface area contributed by atoms with E-state index in [4.69, 9.17) is 0 Å². The molecule has 0 aromatic heterocycles. The summed E-state index contributed by atoms with van der Waals surface area (Å²) in [5.74, 6) is 0.216. The normalized spacial score (nSPS) is 15.9. The molecule has 1 atom stereocenters. The second kappa shape index (κ2) is 5.70. The predicted molar refractivity (Wildman–Crippen MR) is 72.9 cm³/mol. The third-order valence-electron chi connectivity index (χ3n) is 3.07. The Kier molecular flexibility index (Phi) is 5.67. The number of hydrogen-bond acceptors (Lipinski definition) is 3. The van der Waals surface area contributed by atoms with Gasteiger partial charge in [0.25, 0.3) is 0 Å². The molecule has 0 saturated carbocycles. The number of sulfone groups is 1. The molecule has 0 aliphatic heterocycles. The first-order valence-electron chi connectivity index (χ1n) is 6.28. The monoisotopic (exact) mass is 264 g/mol. The van der Waals surface area contributed by atoms with Gasteiger partial charge in [0, 0.05) is 0 Å². The second-order valence-electron chi connectivity index (χ2n) is 6.81. The van der Waals surface area contributed by atoms with E-state index in [1.54, 1.807) is 20.8 Å². The second-order valence-corrected chi connectivity index (χ2v) is 9.67. The Hall–Kier alpha value is -0.0900. The van der Waals surface area contributed by atoms with E-state index in [1.807, 2.05) is 20.8 Å². The summed E-state index contributed by atoms with van der Waals surface area (Å²) < 4.78 is 23.0. The van der Waals surface area contributed by atoms with Crippen molar-refractivity contribution < 1.29 is 13.5 Å². The Bertz CT molecular complexity index is 318. The Morgan fingerprint density at radius 2 is 1.47 bits per heavy atom. The van der Waals surface area contributed by atoms with E-state index in [-0.39, 0.29) is 17.3 Å². The smallest absolute Gasteiger partial charge is 0.155 e. The first-order valence-corrected chi connectivity index (χ1v) is 7.93. The fourth-order valence-corrected chi connectivity index (χ4v) is 2.57. The Morgan fingerprint density at radius 3 is 1.82 bits per heavy atom. The van der Waals surface area contributed by atoms with Gasteiger partial charge in [-0.25, -0.2) is 8.42 Å². The lowest BCUT2D eigenvalue weighted by Crippen LogP contribution is -2.30. The lowest BCUT2D eigenvalue weighted by Gasteiger charge is -2.26. The third-order valence-corrected chi connectivity index (χ3v) is 5.77. The topological polar surface area (TPSA) is 54.4 Å². The van der Waals surface area contributed by atoms with E-state index < -0.39 is 14.6 Å². The standard InChI is InChI=1S/C13H28O3S/c1-12(2,3)11(14)9-7-8-10-17(15,16)13(4,5)6/h11,14H,7-10H2,1-6H3. The fraction of sp³-hybridized carbons (Fsp3) is 1.00. The molecule has 0 fully saturated rings. The van der Waals surface area contributed by atoms with Crippen LogP contribution in [0, 0.1) is 5.41 Å². The average molecular weight is 264 g/mol. The first-order chi connectivity index (χ1) is 7.38. The lowest BCUT2D eigenvalue weighted by atomic mass is 9.86. The van der Waals surface area contributed by atoms with Crippen molar-refractivity contribution in [3.63, 3.8) is 0 Å². The predicted octanol–water partition coefficient (Wildman–Crippen LogP) is 2.78. The van der Waals surface area contributed by atoms with Gasteiger partial charge in [0.2, 0.25) is 0 Å². The van der Waals surface area contributed by atoms with Crippen molar-refractivity contribution in [2.45, 2.75) is 71.7 Å². The van der Waals surface area contributed by atoms with Gasteiger partial charge in [0.1, 0.15) is 0 Å². The molecule has 4 heteroatoms. The highest BCUT2D eigenvalue weighted by Gasteiger charge is 2.28. The van der Waals surface area contributed by atoms with Crippen LogP contribution in [0.25, 0.3) is 0 Å². The van der Waals surface area contributed by atoms with Crippen molar-refractivity contribution in [1.29, 1.82) is 0 Å². The summed E-state index contributed by atoms with van der Waals surface area (Å²) in [6.07, 6.45) is 1.70. The van der Waals surface area contributed by atoms with Crippen LogP contribution in [0.5, 0.6) is 0 Å². The zero-order valence-corrected chi connectivity index (χ0v) is 12.9. The molecule has 0 aliphatic carbocycles. The van der Waals surface area contributed by atoms with Crippen LogP contribution >= 0.6 is 0 Å². The number of rotatable bonds is 5. The van der Waals surface area contributed by atoms with Crippen molar-refractivity contribution in [3.05, 3.63) is 0 Å². The average Bonchev–Trinajstić information content (AvgIpc) is 2.08. The van der Waals surface area contributed by atoms with Crippen LogP contribution in [0.2, 0.25) is 0 Å². The maximum atomic E-state index is 11.8. The Labute approximate surface area is 107 Å². The SMILES string of the molecule is CC(C)(C)C(O)CCCCS(=O)(=O)C(C)(C)C. The van der Waals surface area contributed by atoms with Crippen molar-refractivity contribution >= 4 is 9.84 Å². The van der Waals surface area contributed by atoms with Crippen molar-refractivity contribution in [3.8, 4) is 0 Å². The molecule has 0 aromatic rings. The number of aliphatic hydroxyl groups excluding tert-OH is 1. The van der Waals surface area contributed by atoms with Gasteiger partial charge >= 0.3 is 0 Å². The molecule has 0 aliphatic rings. The van der Waals surface area contributed by atoms with Crippen LogP contribution in [0.1, 0.15) is 60.8 Å². The third kappa shape index (κ3) is 5.87. The van der Waals surface area contributed by atoms with Gasteiger partial charge in [-0.05, 0) is 45.4 Å². The van der Waals surface area contributed by atoms with Crippen LogP contribution in [-0.4, -0.2) is 30.1 Å². The van der Waals surface area contributed by atoms with Crippen LogP contribution in [0.15, 0.2) is 0 Å². The summed E-state index contributed by atoms with van der Waals surface area (Å²) in [6, 6.07) is 0. The van der Waals surface area contributed by atoms with Crippen molar-refractivity contribution in [2.75, 3.05) is 5.75 Å². The summed E-state index contributed by atoms with van der Waals surface area (Å²) in [5, 5.41) is 9.83. The van der Waals surface area contributed by atoms with E-state index in [2.05, 4.69) is 0 Å². The van der Waals surface area contributed by atoms with E-state index in [9.17, 15) is 13.5 Å². The van der Waals surface area contributed by atoms with Gasteiger partial charge in [0.05, 0.1) is 16.6 Å². The van der Waals surface area contributed by atoms with E-state index in [1.165, 1.54) is 0 Å². The minimum Gasteiger partial charge on any atom is -0.393 e. The van der Waals surface area contributed by atoms with Gasteiger partial charge in [-0.3, -0.25) is 0 Å². The minimum absolute atomic E-state index is 0.122. The summed E-state index contributed by atoms with van der Waals surface area (Å²) in [5.41, 5.74) is -0.122. The highest BCUT2D eigenvalue weighted by molar-refractivity contribution is 7.92. The van der Waals surface area contributed by atoms with E-state index >= 15 is 0 Å². The Balaban J connectivity index is 4.04. The molecule has 0 amide bonds. The largest absolute Gasteiger partial charge is 0.393 e. The molecule has 3 nitrogen and oxygen atoms in total. The van der Waals surface area contributed by atoms with Crippen molar-refractivity contribution in [2.24, 2.45) is 5.41 Å². The maximum absolute atomic E-state index is 11.8. The van der Waals surface area contributed by atoms with Crippen LogP contribution in [0.4, 0.5) is 0 Å². The van der Waals surface area contributed by atoms with Gasteiger partial charge < -0.3 is 5.11 Å². The molecule has 0 saturated heterocycles. The summed E-state index contributed by atoms with van der Waals surface area (Å²) in [6.45, 7) is 11.2.